The number of hydrogen-bond donors (Lipinski definition) is 1. The lowest BCUT2D eigenvalue weighted by atomic mass is 10.2. The van der Waals surface area contributed by atoms with E-state index in [0.29, 0.717) is 6.54 Å². The molecule has 0 amide bonds. The number of nitrogens with one attached hydrogen (secondary N) is 1. The second kappa shape index (κ2) is 5.23. The molecule has 0 saturated heterocycles. The summed E-state index contributed by atoms with van der Waals surface area (Å²) in [6.07, 6.45) is 1.71. The summed E-state index contributed by atoms with van der Waals surface area (Å²) >= 11 is 3.41. The van der Waals surface area contributed by atoms with E-state index in [9.17, 15) is 0 Å². The van der Waals surface area contributed by atoms with Crippen LogP contribution in [-0.2, 0) is 20.1 Å². The zero-order valence-corrected chi connectivity index (χ0v) is 10.6. The molecule has 1 heterocycles. The molecular formula is C11H13BrN4. The van der Waals surface area contributed by atoms with Crippen molar-refractivity contribution in [1.82, 2.24) is 20.1 Å². The highest BCUT2D eigenvalue weighted by molar-refractivity contribution is 9.10. The van der Waals surface area contributed by atoms with E-state index < -0.39 is 0 Å². The molecule has 5 heteroatoms. The zero-order chi connectivity index (χ0) is 11.4. The largest absolute Gasteiger partial charge is 0.306 e. The van der Waals surface area contributed by atoms with Gasteiger partial charge in [-0.15, -0.1) is 0 Å². The fraction of sp³-hybridized carbons (Fsp3) is 0.273. The van der Waals surface area contributed by atoms with E-state index in [1.807, 2.05) is 19.2 Å². The van der Waals surface area contributed by atoms with Gasteiger partial charge in [0.05, 0.1) is 6.54 Å². The van der Waals surface area contributed by atoms with Crippen molar-refractivity contribution in [2.45, 2.75) is 13.1 Å². The van der Waals surface area contributed by atoms with Crippen molar-refractivity contribution < 1.29 is 0 Å². The van der Waals surface area contributed by atoms with Crippen molar-refractivity contribution in [3.63, 3.8) is 0 Å². The average Bonchev–Trinajstić information content (AvgIpc) is 2.67. The average molecular weight is 281 g/mol. The van der Waals surface area contributed by atoms with Gasteiger partial charge in [-0.3, -0.25) is 4.68 Å². The van der Waals surface area contributed by atoms with Gasteiger partial charge in [0.15, 0.2) is 5.82 Å². The Morgan fingerprint density at radius 3 is 2.62 bits per heavy atom. The van der Waals surface area contributed by atoms with Gasteiger partial charge in [0.25, 0.3) is 0 Å². The molecule has 4 nitrogen and oxygen atoms in total. The molecule has 0 radical (unpaired) electrons. The van der Waals surface area contributed by atoms with E-state index >= 15 is 0 Å². The highest BCUT2D eigenvalue weighted by Gasteiger charge is 1.98. The van der Waals surface area contributed by atoms with Crippen LogP contribution in [0.4, 0.5) is 0 Å². The molecule has 1 aromatic carbocycles. The maximum absolute atomic E-state index is 4.19. The van der Waals surface area contributed by atoms with Crippen molar-refractivity contribution in [3.8, 4) is 0 Å². The lowest BCUT2D eigenvalue weighted by Gasteiger charge is -2.02. The Bertz CT molecular complexity index is 449. The molecule has 0 bridgehead atoms. The van der Waals surface area contributed by atoms with E-state index in [-0.39, 0.29) is 0 Å². The summed E-state index contributed by atoms with van der Waals surface area (Å²) < 4.78 is 2.80. The first-order chi connectivity index (χ1) is 7.74. The van der Waals surface area contributed by atoms with Gasteiger partial charge < -0.3 is 5.32 Å². The number of rotatable bonds is 4. The summed E-state index contributed by atoms with van der Waals surface area (Å²) in [6.45, 7) is 1.52. The molecule has 2 aromatic rings. The summed E-state index contributed by atoms with van der Waals surface area (Å²) in [4.78, 5) is 4.14. The van der Waals surface area contributed by atoms with E-state index in [1.165, 1.54) is 5.56 Å². The van der Waals surface area contributed by atoms with Crippen LogP contribution in [0.25, 0.3) is 0 Å². The molecule has 0 saturated carbocycles. The highest BCUT2D eigenvalue weighted by atomic mass is 79.9. The molecule has 84 valence electrons. The molecule has 0 aliphatic heterocycles. The van der Waals surface area contributed by atoms with Crippen LogP contribution in [0.3, 0.4) is 0 Å². The third-order valence-electron chi connectivity index (χ3n) is 2.17. The first-order valence-corrected chi connectivity index (χ1v) is 5.83. The predicted octanol–water partition coefficient (Wildman–Crippen LogP) is 1.87. The number of nitrogens with zero attached hydrogens (tertiary/aromatic N) is 3. The Labute approximate surface area is 103 Å². The molecule has 2 rings (SSSR count). The molecule has 0 unspecified atom stereocenters. The maximum atomic E-state index is 4.19. The number of aryl methyl sites for hydroxylation is 1. The number of halogens is 1. The third-order valence-corrected chi connectivity index (χ3v) is 2.70. The Hall–Kier alpha value is -1.20. The van der Waals surface area contributed by atoms with Crippen LogP contribution in [0.2, 0.25) is 0 Å². The monoisotopic (exact) mass is 280 g/mol. The van der Waals surface area contributed by atoms with Gasteiger partial charge >= 0.3 is 0 Å². The Morgan fingerprint density at radius 2 is 2.00 bits per heavy atom. The van der Waals surface area contributed by atoms with Crippen LogP contribution in [0.5, 0.6) is 0 Å². The van der Waals surface area contributed by atoms with E-state index in [0.717, 1.165) is 16.8 Å². The van der Waals surface area contributed by atoms with Crippen molar-refractivity contribution in [1.29, 1.82) is 0 Å². The Kier molecular flexibility index (Phi) is 3.69. The smallest absolute Gasteiger partial charge is 0.164 e. The summed E-state index contributed by atoms with van der Waals surface area (Å²) in [7, 11) is 1.87. The normalized spacial score (nSPS) is 10.6. The molecule has 0 atom stereocenters. The topological polar surface area (TPSA) is 42.7 Å². The Balaban J connectivity index is 1.82. The molecule has 0 fully saturated rings. The fourth-order valence-electron chi connectivity index (χ4n) is 1.39. The molecule has 16 heavy (non-hydrogen) atoms. The van der Waals surface area contributed by atoms with Gasteiger partial charge in [-0.25, -0.2) is 4.98 Å². The minimum atomic E-state index is 0.691. The minimum Gasteiger partial charge on any atom is -0.306 e. The molecular weight excluding hydrogens is 268 g/mol. The van der Waals surface area contributed by atoms with Gasteiger partial charge in [0.1, 0.15) is 6.33 Å². The first kappa shape index (κ1) is 11.3. The maximum Gasteiger partial charge on any atom is 0.164 e. The molecule has 1 N–H and O–H groups in total. The van der Waals surface area contributed by atoms with Gasteiger partial charge in [0, 0.05) is 18.1 Å². The van der Waals surface area contributed by atoms with Crippen molar-refractivity contribution >= 4 is 15.9 Å². The van der Waals surface area contributed by atoms with Crippen LogP contribution in [0, 0.1) is 0 Å². The quantitative estimate of drug-likeness (QED) is 0.930. The minimum absolute atomic E-state index is 0.691. The van der Waals surface area contributed by atoms with E-state index in [1.54, 1.807) is 11.0 Å². The van der Waals surface area contributed by atoms with Crippen molar-refractivity contribution in [2.75, 3.05) is 0 Å². The number of benzene rings is 1. The zero-order valence-electron chi connectivity index (χ0n) is 9.02. The van der Waals surface area contributed by atoms with Crippen LogP contribution < -0.4 is 5.32 Å². The van der Waals surface area contributed by atoms with Gasteiger partial charge in [-0.1, -0.05) is 28.1 Å². The van der Waals surface area contributed by atoms with Crippen LogP contribution >= 0.6 is 15.9 Å². The SMILES string of the molecule is Cn1cnc(CNCc2ccc(Br)cc2)n1. The van der Waals surface area contributed by atoms with E-state index in [4.69, 9.17) is 0 Å². The highest BCUT2D eigenvalue weighted by Crippen LogP contribution is 2.10. The second-order valence-corrected chi connectivity index (χ2v) is 4.48. The summed E-state index contributed by atoms with van der Waals surface area (Å²) in [5.74, 6) is 0.819. The second-order valence-electron chi connectivity index (χ2n) is 3.56. The van der Waals surface area contributed by atoms with Gasteiger partial charge in [0.2, 0.25) is 0 Å². The first-order valence-electron chi connectivity index (χ1n) is 5.04. The summed E-state index contributed by atoms with van der Waals surface area (Å²) in [6, 6.07) is 8.25. The fourth-order valence-corrected chi connectivity index (χ4v) is 1.65. The molecule has 0 aliphatic carbocycles. The molecule has 0 spiro atoms. The summed E-state index contributed by atoms with van der Waals surface area (Å²) in [5, 5.41) is 7.49. The molecule has 0 aliphatic rings. The van der Waals surface area contributed by atoms with Crippen LogP contribution in [0.15, 0.2) is 35.1 Å². The van der Waals surface area contributed by atoms with Gasteiger partial charge in [-0.05, 0) is 17.7 Å². The van der Waals surface area contributed by atoms with Crippen molar-refractivity contribution in [2.24, 2.45) is 7.05 Å². The third kappa shape index (κ3) is 3.15. The van der Waals surface area contributed by atoms with Gasteiger partial charge in [-0.2, -0.15) is 5.10 Å². The van der Waals surface area contributed by atoms with Crippen LogP contribution in [-0.4, -0.2) is 14.8 Å². The number of hydrogen-bond acceptors (Lipinski definition) is 3. The summed E-state index contributed by atoms with van der Waals surface area (Å²) in [5.41, 5.74) is 1.25. The lowest BCUT2D eigenvalue weighted by molar-refractivity contribution is 0.649. The lowest BCUT2D eigenvalue weighted by Crippen LogP contribution is -2.13. The molecule has 1 aromatic heterocycles. The number of aromatic nitrogens is 3. The van der Waals surface area contributed by atoms with Crippen LogP contribution in [0.1, 0.15) is 11.4 Å². The Morgan fingerprint density at radius 1 is 1.25 bits per heavy atom. The predicted molar refractivity (Wildman–Crippen MR) is 65.7 cm³/mol. The van der Waals surface area contributed by atoms with Crippen molar-refractivity contribution in [3.05, 3.63) is 46.5 Å². The van der Waals surface area contributed by atoms with E-state index in [2.05, 4.69) is 43.5 Å². The standard InChI is InChI=1S/C11H13BrN4/c1-16-8-14-11(15-16)7-13-6-9-2-4-10(12)5-3-9/h2-5,8,13H,6-7H2,1H3.